The van der Waals surface area contributed by atoms with E-state index in [1.54, 1.807) is 0 Å². The molecule has 1 fully saturated rings. The quantitative estimate of drug-likeness (QED) is 0.905. The first-order valence-electron chi connectivity index (χ1n) is 7.20. The van der Waals surface area contributed by atoms with Gasteiger partial charge >= 0.3 is 0 Å². The van der Waals surface area contributed by atoms with E-state index in [1.807, 2.05) is 4.90 Å². The van der Waals surface area contributed by atoms with Crippen LogP contribution in [-0.4, -0.2) is 51.8 Å². The number of carbonyl (C=O) groups is 1. The summed E-state index contributed by atoms with van der Waals surface area (Å²) in [5.74, 6) is 1.05. The molecule has 1 aliphatic heterocycles. The number of rotatable bonds is 4. The van der Waals surface area contributed by atoms with E-state index in [-0.39, 0.29) is 17.4 Å². The molecule has 1 N–H and O–H groups in total. The highest BCUT2D eigenvalue weighted by atomic mass is 16.5. The fraction of sp³-hybridized carbons (Fsp3) is 0.786. The highest BCUT2D eigenvalue weighted by Crippen LogP contribution is 2.25. The summed E-state index contributed by atoms with van der Waals surface area (Å²) in [4.78, 5) is 18.2. The highest BCUT2D eigenvalue weighted by molar-refractivity contribution is 5.76. The van der Waals surface area contributed by atoms with Gasteiger partial charge in [0.15, 0.2) is 0 Å². The fourth-order valence-electron chi connectivity index (χ4n) is 2.32. The standard InChI is InChI=1S/C14H24N4O2/c1-14(2,3)11-9-18(7-8-20-11)13(19)6-4-5-12-15-10-16-17-12/h10-11H,4-9H2,1-3H3,(H,15,16,17). The van der Waals surface area contributed by atoms with Gasteiger partial charge in [0.05, 0.1) is 12.7 Å². The highest BCUT2D eigenvalue weighted by Gasteiger charge is 2.32. The molecule has 1 aromatic heterocycles. The molecule has 0 aliphatic carbocycles. The molecular weight excluding hydrogens is 256 g/mol. The number of ether oxygens (including phenoxy) is 1. The zero-order valence-corrected chi connectivity index (χ0v) is 12.6. The molecule has 6 heteroatoms. The summed E-state index contributed by atoms with van der Waals surface area (Å²) >= 11 is 0. The minimum absolute atomic E-state index is 0.0682. The maximum Gasteiger partial charge on any atom is 0.222 e. The van der Waals surface area contributed by atoms with Gasteiger partial charge in [-0.1, -0.05) is 20.8 Å². The van der Waals surface area contributed by atoms with Crippen LogP contribution in [0.2, 0.25) is 0 Å². The van der Waals surface area contributed by atoms with Gasteiger partial charge in [0.25, 0.3) is 0 Å². The van der Waals surface area contributed by atoms with Gasteiger partial charge in [-0.25, -0.2) is 4.98 Å². The van der Waals surface area contributed by atoms with Crippen LogP contribution in [0.5, 0.6) is 0 Å². The number of aromatic nitrogens is 3. The largest absolute Gasteiger partial charge is 0.374 e. The van der Waals surface area contributed by atoms with E-state index in [9.17, 15) is 4.79 Å². The Labute approximate surface area is 119 Å². The second-order valence-corrected chi connectivity index (χ2v) is 6.35. The third-order valence-electron chi connectivity index (χ3n) is 3.65. The van der Waals surface area contributed by atoms with E-state index in [1.165, 1.54) is 6.33 Å². The molecule has 20 heavy (non-hydrogen) atoms. The first-order chi connectivity index (χ1) is 9.47. The van der Waals surface area contributed by atoms with E-state index in [2.05, 4.69) is 36.0 Å². The van der Waals surface area contributed by atoms with Crippen molar-refractivity contribution >= 4 is 5.91 Å². The molecule has 1 saturated heterocycles. The van der Waals surface area contributed by atoms with Gasteiger partial charge in [-0.3, -0.25) is 9.89 Å². The average molecular weight is 280 g/mol. The second-order valence-electron chi connectivity index (χ2n) is 6.35. The van der Waals surface area contributed by atoms with Crippen LogP contribution in [-0.2, 0) is 16.0 Å². The number of morpholine rings is 1. The van der Waals surface area contributed by atoms with Crippen LogP contribution in [0.15, 0.2) is 6.33 Å². The molecule has 1 amide bonds. The Bertz CT molecular complexity index is 425. The van der Waals surface area contributed by atoms with Crippen LogP contribution in [0.4, 0.5) is 0 Å². The number of carbonyl (C=O) groups excluding carboxylic acids is 1. The smallest absolute Gasteiger partial charge is 0.222 e. The molecule has 0 bridgehead atoms. The second kappa shape index (κ2) is 6.35. The summed E-state index contributed by atoms with van der Waals surface area (Å²) in [6.45, 7) is 8.48. The van der Waals surface area contributed by atoms with E-state index in [0.29, 0.717) is 26.1 Å². The predicted molar refractivity (Wildman–Crippen MR) is 75.1 cm³/mol. The number of nitrogens with one attached hydrogen (secondary N) is 1. The van der Waals surface area contributed by atoms with Crippen molar-refractivity contribution in [2.75, 3.05) is 19.7 Å². The molecule has 0 spiro atoms. The fourth-order valence-corrected chi connectivity index (χ4v) is 2.32. The summed E-state index contributed by atoms with van der Waals surface area (Å²) < 4.78 is 5.77. The first-order valence-corrected chi connectivity index (χ1v) is 7.20. The van der Waals surface area contributed by atoms with Crippen molar-refractivity contribution in [3.8, 4) is 0 Å². The molecule has 1 aliphatic rings. The molecular formula is C14H24N4O2. The van der Waals surface area contributed by atoms with E-state index < -0.39 is 0 Å². The van der Waals surface area contributed by atoms with Gasteiger partial charge < -0.3 is 9.64 Å². The Morgan fingerprint density at radius 2 is 2.35 bits per heavy atom. The molecule has 0 aromatic carbocycles. The van der Waals surface area contributed by atoms with Crippen LogP contribution >= 0.6 is 0 Å². The van der Waals surface area contributed by atoms with E-state index in [0.717, 1.165) is 18.7 Å². The molecule has 1 aromatic rings. The predicted octanol–water partition coefficient (Wildman–Crippen LogP) is 1.40. The Balaban J connectivity index is 1.77. The van der Waals surface area contributed by atoms with Crippen LogP contribution in [0.1, 0.15) is 39.4 Å². The Morgan fingerprint density at radius 3 is 3.00 bits per heavy atom. The monoisotopic (exact) mass is 280 g/mol. The minimum Gasteiger partial charge on any atom is -0.374 e. The summed E-state index contributed by atoms with van der Waals surface area (Å²) in [5.41, 5.74) is 0.0682. The molecule has 2 rings (SSSR count). The summed E-state index contributed by atoms with van der Waals surface area (Å²) in [6, 6.07) is 0. The van der Waals surface area contributed by atoms with Gasteiger partial charge in [-0.15, -0.1) is 0 Å². The van der Waals surface area contributed by atoms with Gasteiger partial charge in [-0.2, -0.15) is 5.10 Å². The summed E-state index contributed by atoms with van der Waals surface area (Å²) in [6.07, 6.45) is 3.73. The van der Waals surface area contributed by atoms with Crippen molar-refractivity contribution in [2.45, 2.75) is 46.1 Å². The van der Waals surface area contributed by atoms with Crippen molar-refractivity contribution in [2.24, 2.45) is 5.41 Å². The van der Waals surface area contributed by atoms with Gasteiger partial charge in [0.2, 0.25) is 5.91 Å². The van der Waals surface area contributed by atoms with Gasteiger partial charge in [0.1, 0.15) is 12.2 Å². The first kappa shape index (κ1) is 15.0. The molecule has 6 nitrogen and oxygen atoms in total. The van der Waals surface area contributed by atoms with Crippen molar-refractivity contribution in [1.82, 2.24) is 20.1 Å². The van der Waals surface area contributed by atoms with Crippen molar-refractivity contribution in [3.63, 3.8) is 0 Å². The molecule has 0 radical (unpaired) electrons. The van der Waals surface area contributed by atoms with Gasteiger partial charge in [0, 0.05) is 25.9 Å². The zero-order valence-electron chi connectivity index (χ0n) is 12.6. The number of hydrogen-bond donors (Lipinski definition) is 1. The number of H-pyrrole nitrogens is 1. The number of amides is 1. The van der Waals surface area contributed by atoms with Crippen LogP contribution in [0.25, 0.3) is 0 Å². The number of aryl methyl sites for hydroxylation is 1. The molecule has 112 valence electrons. The SMILES string of the molecule is CC(C)(C)C1CN(C(=O)CCCc2ncn[nH]2)CCO1. The maximum absolute atomic E-state index is 12.2. The van der Waals surface area contributed by atoms with Crippen LogP contribution in [0.3, 0.4) is 0 Å². The lowest BCUT2D eigenvalue weighted by Gasteiger charge is -2.39. The molecule has 0 saturated carbocycles. The lowest BCUT2D eigenvalue weighted by atomic mass is 9.88. The maximum atomic E-state index is 12.2. The number of hydrogen-bond acceptors (Lipinski definition) is 4. The zero-order chi connectivity index (χ0) is 14.6. The van der Waals surface area contributed by atoms with E-state index >= 15 is 0 Å². The number of aromatic amines is 1. The third-order valence-corrected chi connectivity index (χ3v) is 3.65. The van der Waals surface area contributed by atoms with Gasteiger partial charge in [-0.05, 0) is 11.8 Å². The molecule has 2 heterocycles. The van der Waals surface area contributed by atoms with Crippen LogP contribution < -0.4 is 0 Å². The Hall–Kier alpha value is -1.43. The summed E-state index contributed by atoms with van der Waals surface area (Å²) in [5, 5.41) is 6.61. The topological polar surface area (TPSA) is 71.1 Å². The van der Waals surface area contributed by atoms with Crippen molar-refractivity contribution in [3.05, 3.63) is 12.2 Å². The molecule has 1 unspecified atom stereocenters. The van der Waals surface area contributed by atoms with E-state index in [4.69, 9.17) is 4.74 Å². The Morgan fingerprint density at radius 1 is 1.55 bits per heavy atom. The summed E-state index contributed by atoms with van der Waals surface area (Å²) in [7, 11) is 0. The van der Waals surface area contributed by atoms with Crippen LogP contribution in [0, 0.1) is 5.41 Å². The third kappa shape index (κ3) is 4.03. The van der Waals surface area contributed by atoms with Crippen molar-refractivity contribution in [1.29, 1.82) is 0 Å². The Kier molecular flexibility index (Phi) is 4.75. The normalized spacial score (nSPS) is 20.1. The minimum atomic E-state index is 0.0682. The average Bonchev–Trinajstić information content (AvgIpc) is 2.91. The van der Waals surface area contributed by atoms with Crippen molar-refractivity contribution < 1.29 is 9.53 Å². The lowest BCUT2D eigenvalue weighted by molar-refractivity contribution is -0.143. The lowest BCUT2D eigenvalue weighted by Crippen LogP contribution is -2.50. The molecule has 1 atom stereocenters. The number of nitrogens with zero attached hydrogens (tertiary/aromatic N) is 3.